The van der Waals surface area contributed by atoms with Gasteiger partial charge in [0.1, 0.15) is 11.5 Å². The molecule has 0 radical (unpaired) electrons. The molecular formula is C6H10BCl2K105N3O5Pt-. The molecule has 0 fully saturated rings. The number of benzene rings is 1. The number of para-hydroxylation sites is 2. The zero-order chi connectivity index (χ0) is 116. The van der Waals surface area contributed by atoms with E-state index >= 15 is 0 Å². The molecule has 0 saturated heterocycles. The van der Waals surface area contributed by atoms with Gasteiger partial charge < -0.3 is 38.2 Å². The maximum Gasteiger partial charge on any atom is -0.693 e. The van der Waals surface area contributed by atoms with Crippen LogP contribution in [0.2, 0.25) is 0 Å². The van der Waals surface area contributed by atoms with Crippen LogP contribution in [-0.2, 0) is 16.5 Å². The fourth-order valence-corrected chi connectivity index (χ4v) is 0.886. The molecule has 8 nitrogen and oxygen atoms in total. The standard InChI is InChI=1S/C6H5BO3.2ClH.105K.HNO2.2H2N.Pt.H/c8-7-9-5-3-1-2-4-6(5)10-7;;;;;;;;;;;;;;;;;;;;;;;;;;;;;;;;;;;;;;;;;;;;;;;;;;;;;;;;;;;;;;;;;;;;;;;;;;;;;;;;;;;;;;;;;;;;;;;;;;;;;;;;;;;;2-1-3;;;;/h1-4,8H;2*1H;;;;;;;;;;;;;;;;;;;;;;;;;;;;;;;;;;;;;;;;;;;;;;;;;;;;;;;;;;;;;;;;;;;;;;;;;;;;;;;;;;;;;;;;;;;;;;;;;;;;;;;;;;(H,2,3);2*1H2;;/q;;;;;;;;;;;;;;;;;;;;;;;;;;;;;;;;;;;;;;;;;;;;;;;;;;;;;;;;;;;;;;;;;;;;;;;;;;;;;;;;;;;;;;;;;;;;;;;;;;;;;;;;;;;+1;;2*-1;+4;-1/p-3. The predicted octanol–water partition coefficient (Wildman–Crippen LogP) is -39.0. The maximum absolute atomic E-state index is 8.81. The van der Waals surface area contributed by atoms with Crippen molar-refractivity contribution < 1.29 is 83.6 Å². The normalized spacial score (nSPS) is 4.79. The van der Waals surface area contributed by atoms with Crippen molar-refractivity contribution in [2.75, 3.05) is 0 Å². The Hall–Kier alpha value is 171. The summed E-state index contributed by atoms with van der Waals surface area (Å²) in [5.74, 6) is 1.19. The Kier molecular flexibility index (Phi) is 2560. The fourth-order valence-electron chi connectivity index (χ4n) is 0.886. The molecule has 0 spiro atoms. The second-order valence-corrected chi connectivity index (χ2v) is 5.39. The van der Waals surface area contributed by atoms with Crippen LogP contribution in [0, 0.1) is 10.1 Å². The Labute approximate surface area is 3200 Å². The van der Waals surface area contributed by atoms with Crippen LogP contribution in [0.5, 0.6) is 11.5 Å². The third kappa shape index (κ3) is 687. The van der Waals surface area contributed by atoms with Crippen LogP contribution in [0.1, 0.15) is 1.43 Å². The van der Waals surface area contributed by atoms with Gasteiger partial charge in [0.25, 0.3) is 0 Å². The van der Waals surface area contributed by atoms with E-state index in [1.165, 1.54) is 3280 Å². The molecule has 123 heavy (non-hydrogen) atoms. The van der Waals surface area contributed by atoms with Crippen molar-refractivity contribution in [2.24, 2.45) is 5.34 Å². The first-order chi connectivity index (χ1) is 59.7. The summed E-state index contributed by atoms with van der Waals surface area (Å²) in [7, 11) is 8.62. The van der Waals surface area contributed by atoms with Crippen LogP contribution in [0.3, 0.4) is 0 Å². The van der Waals surface area contributed by atoms with Crippen molar-refractivity contribution in [3.8, 4) is 11.5 Å². The molecule has 0 amide bonds. The summed E-state index contributed by atoms with van der Waals surface area (Å²) in [5.41, 5.74) is 0. The minimum absolute atomic E-state index is 0. The van der Waals surface area contributed by atoms with Gasteiger partial charge in [-0.1, -0.05) is 12.1 Å². The Bertz CT molecular complexity index is 384. The summed E-state index contributed by atoms with van der Waals surface area (Å²) in [6.07, 6.45) is 0. The Morgan fingerprint density at radius 3 is 0.293 bits per heavy atom. The topological polar surface area (TPSA) is 158 Å². The fraction of sp³-hybridized carbons (Fsp3) is 0. The molecule has 0 saturated carbocycles. The maximum atomic E-state index is 8.81. The smallest absolute Gasteiger partial charge is 0.693 e. The van der Waals surface area contributed by atoms with E-state index < -0.39 is 23.8 Å². The molecule has 117 heteroatoms. The molecule has 0 aliphatic carbocycles. The summed E-state index contributed by atoms with van der Waals surface area (Å²) in [6.45, 7) is 0. The van der Waals surface area contributed by atoms with Gasteiger partial charge in [-0.25, -0.2) is 0 Å². The zero-order valence-electron chi connectivity index (χ0n) is 115. The van der Waals surface area contributed by atoms with E-state index in [9.17, 15) is 0 Å². The number of fused-ring (bicyclic) bond motifs is 1. The summed E-state index contributed by atoms with van der Waals surface area (Å²) in [5, 5.41) is 17.8. The molecular weight excluding hydrogens is 4580 g/mol. The van der Waals surface area contributed by atoms with Crippen molar-refractivity contribution in [1.82, 2.24) is 0 Å². The molecule has 5 N–H and O–H groups in total. The SMILES string of the molecule is O=N[O-].OB1Oc2ccccc2O1.[Cl][Pt+2][Cl].[H-].[K+].[K][K].[K][K].[K][K].[K][K].[K][K].[K][K].[K][K].[K][K].[K][K].[K][K].[K][K].[K][K].[K][K].[K][K].[K][K].[K][K].[K][K].[K][K].[K][K].[K][K].[K][K].[K][K].[K][K].[K][K].[K][K].[K][K].[K][K].[K][K].[K][K].[K][K].[K][K].[K][K].[K][K].[K][K].[K][K].[K][K].[K][K].[K][K].[K][K].[K][K].[K][K].[K][K].[K][K].[K][K].[K][K].[K][K].[K][K].[K][K].[K][K].[K][K].[K][K].[K][K].[NH2-].[NH2-]. The van der Waals surface area contributed by atoms with E-state index in [4.69, 9.17) is 43.3 Å². The minimum Gasteiger partial charge on any atom is -0.693 e. The molecule has 2 rings (SSSR count). The van der Waals surface area contributed by atoms with Crippen LogP contribution in [-0.4, -0.2) is 3300 Å². The van der Waals surface area contributed by atoms with Gasteiger partial charge in [0, 0.05) is 0 Å². The molecule has 1 aromatic carbocycles. The van der Waals surface area contributed by atoms with Crippen LogP contribution in [0.15, 0.2) is 29.6 Å². The van der Waals surface area contributed by atoms with Gasteiger partial charge in [0.15, 0.2) is 0 Å². The first-order valence-electron chi connectivity index (χ1n) is 55.6. The summed E-state index contributed by atoms with van der Waals surface area (Å²) < 4.78 is 9.68. The number of nitrogens with two attached hydrogens (primary N) is 2. The summed E-state index contributed by atoms with van der Waals surface area (Å²) in [4.78, 5) is 8.00. The number of rotatable bonds is 0. The minimum atomic E-state index is -1.13. The molecule has 1 aliphatic heterocycles. The summed E-state index contributed by atoms with van der Waals surface area (Å²) >= 11 is 130. The monoisotopic (exact) mass is 4570 g/mol. The van der Waals surface area contributed by atoms with Gasteiger partial charge in [0.05, 0.1) is 0 Å². The molecule has 212 valence electrons. The van der Waals surface area contributed by atoms with Crippen molar-refractivity contribution in [1.29, 1.82) is 0 Å². The Morgan fingerprint density at radius 1 is 0.211 bits per heavy atom. The molecule has 0 bridgehead atoms. The molecule has 1 heterocycles. The quantitative estimate of drug-likeness (QED) is 0.155. The van der Waals surface area contributed by atoms with E-state index in [1.807, 2.05) is 12.1 Å². The largest absolute Gasteiger partial charge is 0.693 e. The molecule has 1 aliphatic rings. The van der Waals surface area contributed by atoms with E-state index in [0.717, 1.165) is 5.34 Å². The number of hydrogen-bond acceptors (Lipinski definition) is 6. The van der Waals surface area contributed by atoms with Crippen molar-refractivity contribution in [3.05, 3.63) is 46.7 Å². The van der Waals surface area contributed by atoms with Crippen molar-refractivity contribution in [2.45, 2.75) is 0 Å². The summed E-state index contributed by atoms with van der Waals surface area (Å²) in [6, 6.07) is 7.12. The molecule has 0 atom stereocenters. The second-order valence-electron chi connectivity index (χ2n) is 2.11. The van der Waals surface area contributed by atoms with Gasteiger partial charge in [-0.15, -0.1) is 5.34 Å². The molecule has 0 aromatic heterocycles. The molecule has 0 unspecified atom stereocenters. The van der Waals surface area contributed by atoms with Crippen LogP contribution < -0.4 is 60.7 Å². The van der Waals surface area contributed by atoms with Gasteiger partial charge >= 0.3 is 3380 Å². The molecule has 1 aromatic rings. The van der Waals surface area contributed by atoms with E-state index in [0.29, 0.717) is 11.5 Å². The van der Waals surface area contributed by atoms with E-state index in [-0.39, 0.29) is 65.1 Å². The van der Waals surface area contributed by atoms with Crippen LogP contribution in [0.25, 0.3) is 12.3 Å². The number of halogens is 2. The first-order valence-corrected chi connectivity index (χ1v) is 893. The Morgan fingerprint density at radius 2 is 0.252 bits per heavy atom. The average Bonchev–Trinajstić information content (AvgIpc) is 1.72. The number of hydrogen-bond donors (Lipinski definition) is 1. The van der Waals surface area contributed by atoms with Crippen molar-refractivity contribution in [3.63, 3.8) is 0 Å². The average molecular weight is 4590 g/mol. The van der Waals surface area contributed by atoms with E-state index in [2.05, 4.69) is 0 Å². The zero-order valence-corrected chi connectivity index (χ0v) is 445. The van der Waals surface area contributed by atoms with Crippen LogP contribution >= 0.6 is 18.8 Å². The predicted molar refractivity (Wildman–Crippen MR) is 667 cm³/mol. The third-order valence-electron chi connectivity index (χ3n) is 1.30. The van der Waals surface area contributed by atoms with Gasteiger partial charge in [-0.05, 0) is 12.1 Å². The Balaban J connectivity index is -0.00000000677. The van der Waals surface area contributed by atoms with E-state index in [1.54, 1.807) is 12.1 Å². The van der Waals surface area contributed by atoms with Gasteiger partial charge in [-0.3, -0.25) is 0 Å². The van der Waals surface area contributed by atoms with Gasteiger partial charge in [0.2, 0.25) is 0 Å². The second kappa shape index (κ2) is 707. The van der Waals surface area contributed by atoms with Crippen molar-refractivity contribution >= 4 is 3310 Å². The third-order valence-corrected chi connectivity index (χ3v) is 1.30. The first kappa shape index (κ1) is 446. The van der Waals surface area contributed by atoms with Gasteiger partial charge in [-0.2, -0.15) is 0 Å². The number of nitrogens with zero attached hydrogens (tertiary/aromatic N) is 1. The van der Waals surface area contributed by atoms with Crippen LogP contribution in [0.4, 0.5) is 0 Å².